The molecule has 0 saturated heterocycles. The number of fused-ring (bicyclic) bond motifs is 1. The van der Waals surface area contributed by atoms with Gasteiger partial charge in [-0.3, -0.25) is 15.0 Å². The summed E-state index contributed by atoms with van der Waals surface area (Å²) in [5, 5.41) is 4.73. The second-order valence-corrected chi connectivity index (χ2v) is 7.62. The zero-order valence-electron chi connectivity index (χ0n) is 18.3. The Bertz CT molecular complexity index is 1130. The van der Waals surface area contributed by atoms with Crippen LogP contribution in [0, 0.1) is 0 Å². The number of benzene rings is 3. The van der Waals surface area contributed by atoms with Crippen LogP contribution in [0.1, 0.15) is 39.4 Å². The van der Waals surface area contributed by atoms with Crippen molar-refractivity contribution >= 4 is 23.2 Å². The van der Waals surface area contributed by atoms with Crippen LogP contribution >= 0.6 is 0 Å². The van der Waals surface area contributed by atoms with Gasteiger partial charge in [0.15, 0.2) is 0 Å². The molecule has 0 bridgehead atoms. The van der Waals surface area contributed by atoms with E-state index < -0.39 is 12.1 Å². The number of para-hydroxylation sites is 2. The van der Waals surface area contributed by atoms with Crippen molar-refractivity contribution in [3.63, 3.8) is 0 Å². The van der Waals surface area contributed by atoms with E-state index in [4.69, 9.17) is 4.74 Å². The van der Waals surface area contributed by atoms with Gasteiger partial charge in [0.2, 0.25) is 0 Å². The fraction of sp³-hybridized carbons (Fsp3) is 0.200. The molecule has 4 rings (SSSR count). The molecule has 0 aliphatic carbocycles. The third kappa shape index (κ3) is 4.09. The van der Waals surface area contributed by atoms with E-state index in [1.807, 2.05) is 62.3 Å². The Balaban J connectivity index is 1.70. The van der Waals surface area contributed by atoms with Crippen LogP contribution in [0.5, 0.6) is 5.75 Å². The van der Waals surface area contributed by atoms with Crippen LogP contribution < -0.4 is 20.4 Å². The van der Waals surface area contributed by atoms with Crippen molar-refractivity contribution < 1.29 is 14.3 Å². The molecule has 3 aromatic carbocycles. The molecular weight excluding hydrogens is 404 g/mol. The van der Waals surface area contributed by atoms with Crippen molar-refractivity contribution in [2.24, 2.45) is 0 Å². The second kappa shape index (κ2) is 9.01. The van der Waals surface area contributed by atoms with Crippen LogP contribution in [0.3, 0.4) is 0 Å². The summed E-state index contributed by atoms with van der Waals surface area (Å²) < 4.78 is 5.59. The number of amides is 2. The van der Waals surface area contributed by atoms with Crippen LogP contribution in [0.2, 0.25) is 0 Å². The molecule has 3 aromatic rings. The number of nitrogens with zero attached hydrogens (tertiary/aromatic N) is 2. The number of rotatable bonds is 6. The van der Waals surface area contributed by atoms with Crippen LogP contribution in [0.4, 0.5) is 11.4 Å². The smallest absolute Gasteiger partial charge is 0.276 e. The van der Waals surface area contributed by atoms with E-state index in [9.17, 15) is 9.59 Å². The van der Waals surface area contributed by atoms with Gasteiger partial charge in [-0.1, -0.05) is 36.4 Å². The van der Waals surface area contributed by atoms with Crippen LogP contribution in [-0.2, 0) is 0 Å². The molecule has 0 fully saturated rings. The average Bonchev–Trinajstić information content (AvgIpc) is 2.81. The average molecular weight is 431 g/mol. The highest BCUT2D eigenvalue weighted by Crippen LogP contribution is 2.33. The molecule has 0 aromatic heterocycles. The van der Waals surface area contributed by atoms with E-state index in [1.54, 1.807) is 36.4 Å². The summed E-state index contributed by atoms with van der Waals surface area (Å²) in [4.78, 5) is 28.6. The molecule has 0 unspecified atom stereocenters. The van der Waals surface area contributed by atoms with Crippen molar-refractivity contribution in [3.8, 4) is 5.75 Å². The van der Waals surface area contributed by atoms with E-state index in [2.05, 4.69) is 10.7 Å². The maximum atomic E-state index is 13.4. The summed E-state index contributed by atoms with van der Waals surface area (Å²) in [6.07, 6.45) is -0.572. The summed E-state index contributed by atoms with van der Waals surface area (Å²) >= 11 is 0. The highest BCUT2D eigenvalue weighted by Gasteiger charge is 2.34. The number of hydrazine groups is 1. The number of carbonyl (C=O) groups excluding carboxylic acids is 2. The van der Waals surface area contributed by atoms with Crippen molar-refractivity contribution in [2.45, 2.75) is 13.1 Å². The van der Waals surface area contributed by atoms with Crippen LogP contribution in [0.25, 0.3) is 0 Å². The summed E-state index contributed by atoms with van der Waals surface area (Å²) in [5.74, 6) is -0.237. The predicted octanol–water partition coefficient (Wildman–Crippen LogP) is 4.06. The third-order valence-electron chi connectivity index (χ3n) is 5.31. The van der Waals surface area contributed by atoms with Gasteiger partial charge >= 0.3 is 0 Å². The lowest BCUT2D eigenvalue weighted by Gasteiger charge is -2.38. The molecule has 7 heteroatoms. The van der Waals surface area contributed by atoms with E-state index >= 15 is 0 Å². The third-order valence-corrected chi connectivity index (χ3v) is 5.31. The van der Waals surface area contributed by atoms with E-state index in [-0.39, 0.29) is 5.91 Å². The highest BCUT2D eigenvalue weighted by atomic mass is 16.5. The van der Waals surface area contributed by atoms with Gasteiger partial charge < -0.3 is 15.0 Å². The Hall–Kier alpha value is -4.00. The lowest BCUT2D eigenvalue weighted by molar-refractivity contribution is 0.0489. The minimum absolute atomic E-state index is 0.289. The Morgan fingerprint density at radius 2 is 1.72 bits per heavy atom. The first kappa shape index (κ1) is 21.2. The molecule has 2 N–H and O–H groups in total. The molecule has 0 spiro atoms. The molecule has 164 valence electrons. The molecule has 1 aliphatic rings. The summed E-state index contributed by atoms with van der Waals surface area (Å²) in [6, 6.07) is 22.1. The molecule has 2 amide bonds. The Morgan fingerprint density at radius 3 is 2.44 bits per heavy atom. The van der Waals surface area contributed by atoms with Crippen molar-refractivity contribution in [2.75, 3.05) is 30.9 Å². The maximum absolute atomic E-state index is 13.4. The SMILES string of the molecule is CCOc1ccccc1C(=O)NN1C(=O)c2ccccc2N[C@H]1c1ccc(N(C)C)cc1. The summed E-state index contributed by atoms with van der Waals surface area (Å²) in [5.41, 5.74) is 6.26. The summed E-state index contributed by atoms with van der Waals surface area (Å²) in [6.45, 7) is 2.29. The van der Waals surface area contributed by atoms with Gasteiger partial charge in [-0.15, -0.1) is 0 Å². The van der Waals surface area contributed by atoms with Gasteiger partial charge in [0.1, 0.15) is 11.9 Å². The largest absolute Gasteiger partial charge is 0.493 e. The lowest BCUT2D eigenvalue weighted by atomic mass is 10.0. The van der Waals surface area contributed by atoms with E-state index in [0.717, 1.165) is 16.9 Å². The van der Waals surface area contributed by atoms with E-state index in [1.165, 1.54) is 5.01 Å². The zero-order valence-corrected chi connectivity index (χ0v) is 18.3. The predicted molar refractivity (Wildman–Crippen MR) is 125 cm³/mol. The first-order valence-electron chi connectivity index (χ1n) is 10.5. The minimum Gasteiger partial charge on any atom is -0.493 e. The number of hydrogen-bond acceptors (Lipinski definition) is 5. The van der Waals surface area contributed by atoms with Crippen LogP contribution in [-0.4, -0.2) is 37.5 Å². The molecule has 7 nitrogen and oxygen atoms in total. The molecular formula is C25H26N4O3. The summed E-state index contributed by atoms with van der Waals surface area (Å²) in [7, 11) is 3.94. The van der Waals surface area contributed by atoms with Gasteiger partial charge in [-0.2, -0.15) is 0 Å². The molecule has 0 saturated carbocycles. The van der Waals surface area contributed by atoms with Gasteiger partial charge in [0.05, 0.1) is 17.7 Å². The Morgan fingerprint density at radius 1 is 1.03 bits per heavy atom. The molecule has 0 radical (unpaired) electrons. The second-order valence-electron chi connectivity index (χ2n) is 7.62. The van der Waals surface area contributed by atoms with Gasteiger partial charge in [-0.25, -0.2) is 5.01 Å². The topological polar surface area (TPSA) is 73.9 Å². The first-order valence-corrected chi connectivity index (χ1v) is 10.5. The fourth-order valence-corrected chi connectivity index (χ4v) is 3.66. The van der Waals surface area contributed by atoms with Crippen LogP contribution in [0.15, 0.2) is 72.8 Å². The Kier molecular flexibility index (Phi) is 5.98. The minimum atomic E-state index is -0.572. The molecule has 1 aliphatic heterocycles. The molecule has 1 atom stereocenters. The van der Waals surface area contributed by atoms with Gasteiger partial charge in [-0.05, 0) is 48.9 Å². The number of nitrogens with one attached hydrogen (secondary N) is 2. The number of carbonyl (C=O) groups is 2. The van der Waals surface area contributed by atoms with Crippen molar-refractivity contribution in [1.82, 2.24) is 10.4 Å². The lowest BCUT2D eigenvalue weighted by Crippen LogP contribution is -2.52. The maximum Gasteiger partial charge on any atom is 0.276 e. The number of ether oxygens (including phenoxy) is 1. The van der Waals surface area contributed by atoms with Gasteiger partial charge in [0.25, 0.3) is 11.8 Å². The highest BCUT2D eigenvalue weighted by molar-refractivity contribution is 6.04. The monoisotopic (exact) mass is 430 g/mol. The van der Waals surface area contributed by atoms with Crippen molar-refractivity contribution in [3.05, 3.63) is 89.5 Å². The normalized spacial score (nSPS) is 14.9. The number of anilines is 2. The van der Waals surface area contributed by atoms with Crippen molar-refractivity contribution in [1.29, 1.82) is 0 Å². The quantitative estimate of drug-likeness (QED) is 0.617. The van der Waals surface area contributed by atoms with E-state index in [0.29, 0.717) is 23.5 Å². The standard InChI is InChI=1S/C25H26N4O3/c1-4-32-22-12-8-6-10-20(22)24(30)27-29-23(17-13-15-18(16-14-17)28(2)3)26-21-11-7-5-9-19(21)25(29)31/h5-16,23,26H,4H2,1-3H3,(H,27,30)/t23-/m1/s1. The molecule has 1 heterocycles. The number of hydrogen-bond donors (Lipinski definition) is 2. The van der Waals surface area contributed by atoms with Gasteiger partial charge in [0, 0.05) is 25.5 Å². The fourth-order valence-electron chi connectivity index (χ4n) is 3.66. The Labute approximate surface area is 187 Å². The molecule has 32 heavy (non-hydrogen) atoms. The zero-order chi connectivity index (χ0) is 22.7. The first-order chi connectivity index (χ1) is 15.5.